The predicted octanol–water partition coefficient (Wildman–Crippen LogP) is 11.3. The van der Waals surface area contributed by atoms with Gasteiger partial charge in [-0.25, -0.2) is 0 Å². The molecular formula is C42H24N2. The Balaban J connectivity index is 1.24. The van der Waals surface area contributed by atoms with E-state index in [-0.39, 0.29) is 0 Å². The van der Waals surface area contributed by atoms with Gasteiger partial charge < -0.3 is 8.80 Å². The monoisotopic (exact) mass is 556 g/mol. The van der Waals surface area contributed by atoms with Crippen molar-refractivity contribution in [3.8, 4) is 22.3 Å². The van der Waals surface area contributed by atoms with E-state index in [0.717, 1.165) is 0 Å². The van der Waals surface area contributed by atoms with Gasteiger partial charge in [-0.15, -0.1) is 0 Å². The fourth-order valence-electron chi connectivity index (χ4n) is 8.16. The first kappa shape index (κ1) is 22.7. The summed E-state index contributed by atoms with van der Waals surface area (Å²) in [7, 11) is 0. The zero-order valence-electron chi connectivity index (χ0n) is 23.8. The summed E-state index contributed by atoms with van der Waals surface area (Å²) in [4.78, 5) is 0. The maximum absolute atomic E-state index is 2.50. The molecule has 11 aromatic rings. The zero-order valence-corrected chi connectivity index (χ0v) is 23.8. The highest BCUT2D eigenvalue weighted by Gasteiger charge is 2.21. The van der Waals surface area contributed by atoms with Crippen LogP contribution in [0.4, 0.5) is 0 Å². The molecule has 44 heavy (non-hydrogen) atoms. The van der Waals surface area contributed by atoms with Crippen LogP contribution in [0.5, 0.6) is 0 Å². The van der Waals surface area contributed by atoms with Crippen LogP contribution in [0.3, 0.4) is 0 Å². The average Bonchev–Trinajstić information content (AvgIpc) is 3.81. The molecule has 0 aliphatic heterocycles. The second kappa shape index (κ2) is 7.94. The Morgan fingerprint density at radius 3 is 1.66 bits per heavy atom. The highest BCUT2D eigenvalue weighted by Crippen LogP contribution is 2.44. The normalized spacial score (nSPS) is 12.5. The Labute approximate surface area is 252 Å². The van der Waals surface area contributed by atoms with Gasteiger partial charge in [0.2, 0.25) is 0 Å². The molecule has 0 aliphatic rings. The Kier molecular flexibility index (Phi) is 4.10. The van der Waals surface area contributed by atoms with E-state index in [4.69, 9.17) is 0 Å². The van der Waals surface area contributed by atoms with Crippen LogP contribution in [0.25, 0.3) is 98.4 Å². The molecular weight excluding hydrogens is 532 g/mol. The third-order valence-electron chi connectivity index (χ3n) is 9.98. The number of hydrogen-bond acceptors (Lipinski definition) is 0. The van der Waals surface area contributed by atoms with Crippen LogP contribution in [0, 0.1) is 0 Å². The summed E-state index contributed by atoms with van der Waals surface area (Å²) in [5.74, 6) is 0. The summed E-state index contributed by atoms with van der Waals surface area (Å²) >= 11 is 0. The Morgan fingerprint density at radius 1 is 0.273 bits per heavy atom. The van der Waals surface area contributed by atoms with Gasteiger partial charge in [0.05, 0.1) is 33.1 Å². The smallest absolute Gasteiger partial charge is 0.0620 e. The molecule has 0 bridgehead atoms. The Morgan fingerprint density at radius 2 is 0.841 bits per heavy atom. The van der Waals surface area contributed by atoms with Crippen molar-refractivity contribution in [1.82, 2.24) is 8.80 Å². The molecule has 202 valence electrons. The highest BCUT2D eigenvalue weighted by atomic mass is 14.9. The number of benzene rings is 7. The van der Waals surface area contributed by atoms with Crippen LogP contribution in [-0.4, -0.2) is 8.80 Å². The topological polar surface area (TPSA) is 8.82 Å². The molecule has 2 nitrogen and oxygen atoms in total. The summed E-state index contributed by atoms with van der Waals surface area (Å²) in [6.07, 6.45) is 0. The predicted molar refractivity (Wildman–Crippen MR) is 187 cm³/mol. The van der Waals surface area contributed by atoms with E-state index in [9.17, 15) is 0 Å². The summed E-state index contributed by atoms with van der Waals surface area (Å²) in [5, 5.41) is 10.5. The van der Waals surface area contributed by atoms with Crippen molar-refractivity contribution in [3.63, 3.8) is 0 Å². The molecule has 0 spiro atoms. The van der Waals surface area contributed by atoms with Crippen molar-refractivity contribution >= 4 is 76.2 Å². The molecule has 2 heteroatoms. The molecule has 4 heterocycles. The fourth-order valence-corrected chi connectivity index (χ4v) is 8.16. The molecule has 0 saturated heterocycles. The van der Waals surface area contributed by atoms with Crippen LogP contribution in [-0.2, 0) is 0 Å². The molecule has 0 N–H and O–H groups in total. The molecule has 0 saturated carbocycles. The SMILES string of the molecule is c1ccc(-c2ccc3c(c2)c2cccc4c5ccc(-c6cccc7c8cccc9c%10ccccc%10n(c67)c98)cc5n3c24)cc1. The standard InChI is InChI=1S/C42H24N2/c1-2-9-25(10-3-1)26-20-22-38-36(23-26)35-17-8-14-32-30-21-19-27(24-39(30)43(38)41(32)35)28-12-6-15-33-34-16-7-13-31-29-11-4-5-18-37(29)44(40(28)33)42(31)34/h1-24H. The van der Waals surface area contributed by atoms with Crippen molar-refractivity contribution < 1.29 is 0 Å². The minimum absolute atomic E-state index is 1.24. The van der Waals surface area contributed by atoms with Crippen molar-refractivity contribution in [2.75, 3.05) is 0 Å². The van der Waals surface area contributed by atoms with Crippen molar-refractivity contribution in [3.05, 3.63) is 146 Å². The molecule has 0 unspecified atom stereocenters. The first-order valence-corrected chi connectivity index (χ1v) is 15.3. The Bertz CT molecular complexity index is 2920. The maximum atomic E-state index is 2.50. The van der Waals surface area contributed by atoms with E-state index in [1.54, 1.807) is 0 Å². The van der Waals surface area contributed by atoms with Crippen LogP contribution in [0.15, 0.2) is 146 Å². The zero-order chi connectivity index (χ0) is 28.5. The van der Waals surface area contributed by atoms with Crippen molar-refractivity contribution in [1.29, 1.82) is 0 Å². The fraction of sp³-hybridized carbons (Fsp3) is 0. The van der Waals surface area contributed by atoms with Gasteiger partial charge >= 0.3 is 0 Å². The van der Waals surface area contributed by atoms with E-state index >= 15 is 0 Å². The number of rotatable bonds is 2. The van der Waals surface area contributed by atoms with Crippen LogP contribution < -0.4 is 0 Å². The average molecular weight is 557 g/mol. The minimum Gasteiger partial charge on any atom is -0.308 e. The lowest BCUT2D eigenvalue weighted by Crippen LogP contribution is -1.87. The molecule has 7 aromatic carbocycles. The third-order valence-corrected chi connectivity index (χ3v) is 9.98. The first-order chi connectivity index (χ1) is 21.8. The second-order valence-corrected chi connectivity index (χ2v) is 12.1. The summed E-state index contributed by atoms with van der Waals surface area (Å²) in [6.45, 7) is 0. The van der Waals surface area contributed by atoms with Gasteiger partial charge in [-0.3, -0.25) is 0 Å². The first-order valence-electron chi connectivity index (χ1n) is 15.3. The summed E-state index contributed by atoms with van der Waals surface area (Å²) in [5.41, 5.74) is 12.7. The number of para-hydroxylation sites is 4. The summed E-state index contributed by atoms with van der Waals surface area (Å²) in [6, 6.07) is 53.8. The largest absolute Gasteiger partial charge is 0.308 e. The lowest BCUT2D eigenvalue weighted by Gasteiger charge is -2.08. The Hall–Kier alpha value is -5.86. The molecule has 11 rings (SSSR count). The van der Waals surface area contributed by atoms with E-state index < -0.39 is 0 Å². The van der Waals surface area contributed by atoms with Gasteiger partial charge in [0.1, 0.15) is 0 Å². The highest BCUT2D eigenvalue weighted by molar-refractivity contribution is 6.26. The third kappa shape index (κ3) is 2.68. The maximum Gasteiger partial charge on any atom is 0.0620 e. The number of aromatic nitrogens is 2. The quantitative estimate of drug-likeness (QED) is 0.200. The number of nitrogens with zero attached hydrogens (tertiary/aromatic N) is 2. The van der Waals surface area contributed by atoms with E-state index in [2.05, 4.69) is 154 Å². The van der Waals surface area contributed by atoms with E-state index in [1.165, 1.54) is 98.4 Å². The minimum atomic E-state index is 1.24. The molecule has 0 amide bonds. The second-order valence-electron chi connectivity index (χ2n) is 12.1. The molecule has 0 aliphatic carbocycles. The molecule has 0 fully saturated rings. The van der Waals surface area contributed by atoms with E-state index in [0.29, 0.717) is 0 Å². The summed E-state index contributed by atoms with van der Waals surface area (Å²) < 4.78 is 5.00. The van der Waals surface area contributed by atoms with Crippen LogP contribution in [0.1, 0.15) is 0 Å². The van der Waals surface area contributed by atoms with Gasteiger partial charge in [-0.1, -0.05) is 121 Å². The molecule has 0 atom stereocenters. The van der Waals surface area contributed by atoms with Gasteiger partial charge in [-0.05, 0) is 41.0 Å². The van der Waals surface area contributed by atoms with Crippen LogP contribution >= 0.6 is 0 Å². The lowest BCUT2D eigenvalue weighted by molar-refractivity contribution is 1.36. The van der Waals surface area contributed by atoms with Gasteiger partial charge in [0, 0.05) is 48.7 Å². The van der Waals surface area contributed by atoms with Crippen molar-refractivity contribution in [2.24, 2.45) is 0 Å². The van der Waals surface area contributed by atoms with Crippen LogP contribution in [0.2, 0.25) is 0 Å². The molecule has 0 radical (unpaired) electrons. The van der Waals surface area contributed by atoms with Gasteiger partial charge in [0.15, 0.2) is 0 Å². The lowest BCUT2D eigenvalue weighted by atomic mass is 9.99. The van der Waals surface area contributed by atoms with Crippen molar-refractivity contribution in [2.45, 2.75) is 0 Å². The number of fused-ring (bicyclic) bond motifs is 12. The molecule has 4 aromatic heterocycles. The number of hydrogen-bond donors (Lipinski definition) is 0. The van der Waals surface area contributed by atoms with E-state index in [1.807, 2.05) is 0 Å². The van der Waals surface area contributed by atoms with Gasteiger partial charge in [-0.2, -0.15) is 0 Å². The van der Waals surface area contributed by atoms with Gasteiger partial charge in [0.25, 0.3) is 0 Å².